The molecule has 0 radical (unpaired) electrons. The monoisotopic (exact) mass is 156 g/mol. The van der Waals surface area contributed by atoms with Crippen molar-refractivity contribution in [1.82, 2.24) is 0 Å². The van der Waals surface area contributed by atoms with E-state index in [1.807, 2.05) is 0 Å². The van der Waals surface area contributed by atoms with Crippen LogP contribution in [0.3, 0.4) is 0 Å². The molecule has 0 saturated heterocycles. The predicted octanol–water partition coefficient (Wildman–Crippen LogP) is 1.12. The summed E-state index contributed by atoms with van der Waals surface area (Å²) in [7, 11) is 0.923. The largest absolute Gasteiger partial charge is 0.464 e. The maximum atomic E-state index is 12.0. The third-order valence-electron chi connectivity index (χ3n) is 0.679. The first-order chi connectivity index (χ1) is 4.04. The molecule has 0 aromatic rings. The average Bonchev–Trinajstić information content (AvgIpc) is 1.86. The third kappa shape index (κ3) is 2.17. The van der Waals surface area contributed by atoms with Gasteiger partial charge in [-0.15, -0.1) is 0 Å². The Morgan fingerprint density at radius 2 is 2.11 bits per heavy atom. The number of hydrogen-bond acceptors (Lipinski definition) is 3. The maximum absolute atomic E-state index is 12.0. The predicted molar refractivity (Wildman–Crippen MR) is 30.5 cm³/mol. The van der Waals surface area contributed by atoms with E-state index in [2.05, 4.69) is 4.74 Å². The highest BCUT2D eigenvalue weighted by Crippen LogP contribution is 2.26. The molecule has 0 aromatic carbocycles. The molecule has 5 heteroatoms. The van der Waals surface area contributed by atoms with Crippen LogP contribution in [-0.2, 0) is 9.53 Å². The fourth-order valence-electron chi connectivity index (χ4n) is 0.202. The second-order valence-corrected chi connectivity index (χ2v) is 2.13. The zero-order valence-corrected chi connectivity index (χ0v) is 5.80. The molecular weight excluding hydrogens is 150 g/mol. The van der Waals surface area contributed by atoms with Gasteiger partial charge in [-0.05, 0) is 6.26 Å². The number of ether oxygens (including phenoxy) is 1. The van der Waals surface area contributed by atoms with Gasteiger partial charge in [0.05, 0.1) is 7.11 Å². The van der Waals surface area contributed by atoms with E-state index in [1.165, 1.54) is 0 Å². The number of halogens is 2. The van der Waals surface area contributed by atoms with Gasteiger partial charge in [-0.3, -0.25) is 0 Å². The highest BCUT2D eigenvalue weighted by Gasteiger charge is 2.38. The Kier molecular flexibility index (Phi) is 2.90. The molecule has 0 saturated carbocycles. The molecule has 0 spiro atoms. The van der Waals surface area contributed by atoms with Gasteiger partial charge in [0.2, 0.25) is 0 Å². The minimum absolute atomic E-state index is 0.152. The highest BCUT2D eigenvalue weighted by atomic mass is 32.2. The van der Waals surface area contributed by atoms with Crippen LogP contribution in [0.1, 0.15) is 0 Å². The minimum Gasteiger partial charge on any atom is -0.464 e. The molecule has 0 amide bonds. The van der Waals surface area contributed by atoms with Crippen molar-refractivity contribution in [2.75, 3.05) is 13.4 Å². The van der Waals surface area contributed by atoms with E-state index in [-0.39, 0.29) is 11.8 Å². The molecule has 2 nitrogen and oxygen atoms in total. The Morgan fingerprint density at radius 1 is 1.67 bits per heavy atom. The molecule has 9 heavy (non-hydrogen) atoms. The van der Waals surface area contributed by atoms with Crippen molar-refractivity contribution in [3.63, 3.8) is 0 Å². The molecule has 54 valence electrons. The van der Waals surface area contributed by atoms with E-state index in [1.54, 1.807) is 0 Å². The topological polar surface area (TPSA) is 26.3 Å². The van der Waals surface area contributed by atoms with Crippen LogP contribution in [0.5, 0.6) is 0 Å². The summed E-state index contributed by atoms with van der Waals surface area (Å²) in [5, 5.41) is -3.39. The van der Waals surface area contributed by atoms with Crippen molar-refractivity contribution in [2.45, 2.75) is 5.25 Å². The Morgan fingerprint density at radius 3 is 2.22 bits per heavy atom. The van der Waals surface area contributed by atoms with Crippen LogP contribution in [0.2, 0.25) is 0 Å². The number of carbonyl (C=O) groups is 1. The standard InChI is InChI=1S/C4H6F2O2S/c1-8-3(7)4(5,6)9-2/h1-2H3. The van der Waals surface area contributed by atoms with Crippen LogP contribution in [0.15, 0.2) is 0 Å². The highest BCUT2D eigenvalue weighted by molar-refractivity contribution is 8.00. The van der Waals surface area contributed by atoms with E-state index in [0.29, 0.717) is 0 Å². The van der Waals surface area contributed by atoms with Crippen molar-refractivity contribution in [1.29, 1.82) is 0 Å². The van der Waals surface area contributed by atoms with Gasteiger partial charge in [-0.25, -0.2) is 4.79 Å². The van der Waals surface area contributed by atoms with Gasteiger partial charge in [-0.1, -0.05) is 11.8 Å². The fraction of sp³-hybridized carbons (Fsp3) is 0.750. The van der Waals surface area contributed by atoms with E-state index in [4.69, 9.17) is 0 Å². The lowest BCUT2D eigenvalue weighted by Gasteiger charge is -2.08. The molecule has 0 fully saturated rings. The minimum atomic E-state index is -3.39. The van der Waals surface area contributed by atoms with Crippen LogP contribution in [-0.4, -0.2) is 24.6 Å². The molecule has 0 rings (SSSR count). The summed E-state index contributed by atoms with van der Waals surface area (Å²) in [6.45, 7) is 0. The lowest BCUT2D eigenvalue weighted by atomic mass is 10.7. The van der Waals surface area contributed by atoms with E-state index >= 15 is 0 Å². The summed E-state index contributed by atoms with van der Waals surface area (Å²) in [6, 6.07) is 0. The molecule has 0 aliphatic carbocycles. The van der Waals surface area contributed by atoms with Crippen molar-refractivity contribution in [2.24, 2.45) is 0 Å². The number of esters is 1. The summed E-state index contributed by atoms with van der Waals surface area (Å²) < 4.78 is 27.9. The van der Waals surface area contributed by atoms with Crippen LogP contribution in [0.4, 0.5) is 8.78 Å². The molecule has 0 aromatic heterocycles. The second kappa shape index (κ2) is 3.00. The second-order valence-electron chi connectivity index (χ2n) is 1.21. The van der Waals surface area contributed by atoms with E-state index in [9.17, 15) is 13.6 Å². The molecule has 0 aliphatic heterocycles. The SMILES string of the molecule is COC(=O)C(F)(F)SC. The fourth-order valence-corrected chi connectivity index (χ4v) is 0.452. The van der Waals surface area contributed by atoms with Gasteiger partial charge in [0, 0.05) is 0 Å². The van der Waals surface area contributed by atoms with Crippen LogP contribution in [0, 0.1) is 0 Å². The first-order valence-electron chi connectivity index (χ1n) is 2.06. The summed E-state index contributed by atoms with van der Waals surface area (Å²) in [6.07, 6.45) is 1.14. The average molecular weight is 156 g/mol. The normalized spacial score (nSPS) is 11.1. The summed E-state index contributed by atoms with van der Waals surface area (Å²) in [5.41, 5.74) is 0. The summed E-state index contributed by atoms with van der Waals surface area (Å²) in [5.74, 6) is -1.50. The lowest BCUT2D eigenvalue weighted by molar-refractivity contribution is -0.156. The van der Waals surface area contributed by atoms with Crippen LogP contribution < -0.4 is 0 Å². The van der Waals surface area contributed by atoms with Gasteiger partial charge in [0.15, 0.2) is 0 Å². The number of alkyl halides is 2. The number of methoxy groups -OCH3 is 1. The summed E-state index contributed by atoms with van der Waals surface area (Å²) >= 11 is 0.152. The Balaban J connectivity index is 3.97. The number of carbonyl (C=O) groups excluding carboxylic acids is 1. The number of thioether (sulfide) groups is 1. The smallest absolute Gasteiger partial charge is 0.388 e. The summed E-state index contributed by atoms with van der Waals surface area (Å²) in [4.78, 5) is 10.1. The van der Waals surface area contributed by atoms with Crippen molar-refractivity contribution >= 4 is 17.7 Å². The quantitative estimate of drug-likeness (QED) is 0.560. The number of hydrogen-bond donors (Lipinski definition) is 0. The molecule has 0 aliphatic rings. The van der Waals surface area contributed by atoms with Crippen molar-refractivity contribution in [3.8, 4) is 0 Å². The van der Waals surface area contributed by atoms with Crippen LogP contribution >= 0.6 is 11.8 Å². The third-order valence-corrected chi connectivity index (χ3v) is 1.36. The van der Waals surface area contributed by atoms with Crippen molar-refractivity contribution in [3.05, 3.63) is 0 Å². The van der Waals surface area contributed by atoms with E-state index < -0.39 is 11.2 Å². The molecule has 0 heterocycles. The molecule has 0 bridgehead atoms. The van der Waals surface area contributed by atoms with Gasteiger partial charge in [-0.2, -0.15) is 8.78 Å². The number of rotatable bonds is 2. The van der Waals surface area contributed by atoms with Crippen molar-refractivity contribution < 1.29 is 18.3 Å². The zero-order chi connectivity index (χ0) is 7.49. The van der Waals surface area contributed by atoms with Crippen LogP contribution in [0.25, 0.3) is 0 Å². The molecule has 0 unspecified atom stereocenters. The first kappa shape index (κ1) is 8.68. The lowest BCUT2D eigenvalue weighted by Crippen LogP contribution is -2.25. The molecule has 0 atom stereocenters. The molecule has 0 N–H and O–H groups in total. The maximum Gasteiger partial charge on any atom is 0.388 e. The van der Waals surface area contributed by atoms with Gasteiger partial charge < -0.3 is 4.74 Å². The zero-order valence-electron chi connectivity index (χ0n) is 4.98. The van der Waals surface area contributed by atoms with Gasteiger partial charge in [0.25, 0.3) is 0 Å². The van der Waals surface area contributed by atoms with Gasteiger partial charge in [0.1, 0.15) is 0 Å². The van der Waals surface area contributed by atoms with Gasteiger partial charge >= 0.3 is 11.2 Å². The Labute approximate surface area is 55.6 Å². The Hall–Kier alpha value is -0.320. The molecular formula is C4H6F2O2S. The van der Waals surface area contributed by atoms with E-state index in [0.717, 1.165) is 13.4 Å². The Bertz CT molecular complexity index is 115. The first-order valence-corrected chi connectivity index (χ1v) is 3.28.